The van der Waals surface area contributed by atoms with Gasteiger partial charge in [-0.05, 0) is 159 Å². The molecule has 0 radical (unpaired) electrons. The van der Waals surface area contributed by atoms with Gasteiger partial charge < -0.3 is 14.2 Å². The molecule has 0 aliphatic heterocycles. The van der Waals surface area contributed by atoms with E-state index in [0.29, 0.717) is 6.54 Å². The Morgan fingerprint density at radius 3 is 1.94 bits per heavy atom. The SMILES string of the molecule is CC/C=C(\C=C(/C)N(c1ccc2c(c1)C(C)(C)CCC2(C)C)c1csc2cc3c(cc12)C(C)(C)CCC3(C)C)N(Cc1ccc2c(c1)oc1ccccc12)Cc1ccc(C(C)(C)C)cc1-c1ccccc1. The van der Waals surface area contributed by atoms with Crippen molar-refractivity contribution in [2.75, 3.05) is 4.90 Å². The average molecular weight is 957 g/mol. The van der Waals surface area contributed by atoms with Crippen molar-refractivity contribution in [2.24, 2.45) is 0 Å². The smallest absolute Gasteiger partial charge is 0.135 e. The van der Waals surface area contributed by atoms with Crippen molar-refractivity contribution in [2.45, 2.75) is 162 Å². The number of benzene rings is 6. The van der Waals surface area contributed by atoms with Crippen molar-refractivity contribution in [1.29, 1.82) is 0 Å². The topological polar surface area (TPSA) is 19.6 Å². The van der Waals surface area contributed by atoms with Crippen LogP contribution in [0.15, 0.2) is 155 Å². The van der Waals surface area contributed by atoms with Crippen LogP contribution in [0.4, 0.5) is 11.4 Å². The first-order valence-corrected chi connectivity index (χ1v) is 27.3. The molecule has 71 heavy (non-hydrogen) atoms. The van der Waals surface area contributed by atoms with Gasteiger partial charge in [0.25, 0.3) is 0 Å². The molecule has 6 aromatic carbocycles. The van der Waals surface area contributed by atoms with Crippen molar-refractivity contribution < 1.29 is 4.42 Å². The molecule has 0 unspecified atom stereocenters. The molecule has 0 spiro atoms. The fourth-order valence-electron chi connectivity index (χ4n) is 11.9. The van der Waals surface area contributed by atoms with Crippen LogP contribution in [0.25, 0.3) is 43.2 Å². The number of para-hydroxylation sites is 1. The van der Waals surface area contributed by atoms with E-state index in [1.165, 1.54) is 109 Å². The van der Waals surface area contributed by atoms with Crippen LogP contribution in [-0.2, 0) is 40.2 Å². The summed E-state index contributed by atoms with van der Waals surface area (Å²) < 4.78 is 7.88. The summed E-state index contributed by atoms with van der Waals surface area (Å²) in [7, 11) is 0. The lowest BCUT2D eigenvalue weighted by Crippen LogP contribution is -2.34. The van der Waals surface area contributed by atoms with Crippen molar-refractivity contribution in [3.05, 3.63) is 189 Å². The molecule has 0 atom stereocenters. The molecule has 10 rings (SSSR count). The van der Waals surface area contributed by atoms with E-state index >= 15 is 0 Å². The molecule has 0 amide bonds. The molecule has 366 valence electrons. The summed E-state index contributed by atoms with van der Waals surface area (Å²) in [5.41, 5.74) is 19.5. The van der Waals surface area contributed by atoms with E-state index in [0.717, 1.165) is 34.9 Å². The molecule has 8 aromatic rings. The van der Waals surface area contributed by atoms with Gasteiger partial charge >= 0.3 is 0 Å². The number of nitrogens with zero attached hydrogens (tertiary/aromatic N) is 2. The quantitative estimate of drug-likeness (QED) is 0.120. The molecule has 0 saturated heterocycles. The van der Waals surface area contributed by atoms with Gasteiger partial charge in [0, 0.05) is 56.4 Å². The third kappa shape index (κ3) is 9.20. The van der Waals surface area contributed by atoms with Crippen LogP contribution >= 0.6 is 11.3 Å². The number of allylic oxidation sites excluding steroid dienone is 3. The highest BCUT2D eigenvalue weighted by atomic mass is 32.1. The van der Waals surface area contributed by atoms with Crippen molar-refractivity contribution in [3.8, 4) is 11.1 Å². The zero-order valence-electron chi connectivity index (χ0n) is 44.9. The summed E-state index contributed by atoms with van der Waals surface area (Å²) in [4.78, 5) is 5.21. The summed E-state index contributed by atoms with van der Waals surface area (Å²) in [6.45, 7) is 32.6. The second-order valence-electron chi connectivity index (χ2n) is 24.7. The Balaban J connectivity index is 1.16. The van der Waals surface area contributed by atoms with Crippen molar-refractivity contribution >= 4 is 54.7 Å². The Hall–Kier alpha value is -5.84. The van der Waals surface area contributed by atoms with Crippen LogP contribution in [-0.4, -0.2) is 4.90 Å². The monoisotopic (exact) mass is 957 g/mol. The number of thiophene rings is 1. The summed E-state index contributed by atoms with van der Waals surface area (Å²) in [5.74, 6) is 0. The van der Waals surface area contributed by atoms with Gasteiger partial charge in [-0.1, -0.05) is 174 Å². The Kier molecular flexibility index (Phi) is 12.4. The van der Waals surface area contributed by atoms with Crippen LogP contribution in [0.2, 0.25) is 0 Å². The Bertz CT molecular complexity index is 3360. The number of hydrogen-bond donors (Lipinski definition) is 0. The van der Waals surface area contributed by atoms with E-state index in [2.05, 4.69) is 239 Å². The highest BCUT2D eigenvalue weighted by molar-refractivity contribution is 7.17. The van der Waals surface area contributed by atoms with E-state index < -0.39 is 0 Å². The maximum atomic E-state index is 6.52. The molecule has 2 aliphatic rings. The molecule has 0 saturated carbocycles. The van der Waals surface area contributed by atoms with E-state index in [4.69, 9.17) is 4.42 Å². The molecular formula is C67H76N2OS. The predicted molar refractivity (Wildman–Crippen MR) is 307 cm³/mol. The first-order valence-electron chi connectivity index (χ1n) is 26.4. The highest BCUT2D eigenvalue weighted by Gasteiger charge is 2.39. The summed E-state index contributed by atoms with van der Waals surface area (Å²) >= 11 is 1.90. The molecule has 2 aromatic heterocycles. The number of rotatable bonds is 11. The van der Waals surface area contributed by atoms with Crippen LogP contribution in [0.5, 0.6) is 0 Å². The molecule has 2 aliphatic carbocycles. The van der Waals surface area contributed by atoms with Crippen molar-refractivity contribution in [1.82, 2.24) is 4.90 Å². The summed E-state index contributed by atoms with van der Waals surface area (Å²) in [6.07, 6.45) is 10.6. The van der Waals surface area contributed by atoms with Crippen LogP contribution in [0.3, 0.4) is 0 Å². The third-order valence-corrected chi connectivity index (χ3v) is 17.5. The third-order valence-electron chi connectivity index (χ3n) is 16.6. The van der Waals surface area contributed by atoms with Gasteiger partial charge in [0.1, 0.15) is 11.2 Å². The molecule has 3 nitrogen and oxygen atoms in total. The Labute approximate surface area is 429 Å². The molecular weight excluding hydrogens is 881 g/mol. The van der Waals surface area contributed by atoms with Crippen LogP contribution < -0.4 is 4.90 Å². The minimum absolute atomic E-state index is 0.0130. The average Bonchev–Trinajstić information content (AvgIpc) is 3.92. The minimum Gasteiger partial charge on any atom is -0.456 e. The molecule has 4 heteroatoms. The summed E-state index contributed by atoms with van der Waals surface area (Å²) in [6, 6.07) is 46.0. The van der Waals surface area contributed by atoms with E-state index in [1.807, 2.05) is 11.3 Å². The lowest BCUT2D eigenvalue weighted by molar-refractivity contribution is 0.332. The van der Waals surface area contributed by atoms with Crippen LogP contribution in [0, 0.1) is 0 Å². The number of anilines is 2. The lowest BCUT2D eigenvalue weighted by Gasteiger charge is -2.42. The highest BCUT2D eigenvalue weighted by Crippen LogP contribution is 2.52. The maximum Gasteiger partial charge on any atom is 0.135 e. The molecule has 0 bridgehead atoms. The maximum absolute atomic E-state index is 6.52. The van der Waals surface area contributed by atoms with Gasteiger partial charge in [-0.3, -0.25) is 0 Å². The van der Waals surface area contributed by atoms with Gasteiger partial charge in [0.2, 0.25) is 0 Å². The normalized spacial score (nSPS) is 17.4. The Morgan fingerprint density at radius 2 is 1.25 bits per heavy atom. The van der Waals surface area contributed by atoms with E-state index in [9.17, 15) is 0 Å². The van der Waals surface area contributed by atoms with E-state index in [1.54, 1.807) is 0 Å². The van der Waals surface area contributed by atoms with E-state index in [-0.39, 0.29) is 27.1 Å². The van der Waals surface area contributed by atoms with Gasteiger partial charge in [-0.15, -0.1) is 11.3 Å². The largest absolute Gasteiger partial charge is 0.456 e. The number of furan rings is 1. The standard InChI is InChI=1S/C67H76N2OS/c1-14-20-49(68(41-45-25-29-52-51-23-18-19-24-60(51)70-61(52)36-45)42-47-26-27-48(63(3,4)5)37-53(47)46-21-16-15-17-22-46)35-44(2)69(50-28-30-55-56(38-50)65(8,9)32-31-64(55,6)7)59-43-71-62-40-58-57(39-54(59)62)66(10,11)33-34-67(58,12)13/h15-30,35-40,43H,14,31-34,41-42H2,1-13H3/b44-35+,49-20+. The fourth-order valence-corrected chi connectivity index (χ4v) is 12.8. The van der Waals surface area contributed by atoms with Gasteiger partial charge in [0.15, 0.2) is 0 Å². The van der Waals surface area contributed by atoms with Gasteiger partial charge in [0.05, 0.1) is 5.69 Å². The zero-order valence-corrected chi connectivity index (χ0v) is 45.8. The molecule has 2 heterocycles. The first-order chi connectivity index (χ1) is 33.6. The summed E-state index contributed by atoms with van der Waals surface area (Å²) in [5, 5.41) is 6.09. The second-order valence-corrected chi connectivity index (χ2v) is 25.6. The number of fused-ring (bicyclic) bond motifs is 6. The number of hydrogen-bond acceptors (Lipinski definition) is 4. The lowest BCUT2D eigenvalue weighted by atomic mass is 9.63. The fraction of sp³-hybridized carbons (Fsp3) is 0.373. The van der Waals surface area contributed by atoms with Gasteiger partial charge in [-0.25, -0.2) is 0 Å². The Morgan fingerprint density at radius 1 is 0.620 bits per heavy atom. The van der Waals surface area contributed by atoms with Gasteiger partial charge in [-0.2, -0.15) is 0 Å². The predicted octanol–water partition coefficient (Wildman–Crippen LogP) is 19.5. The second kappa shape index (κ2) is 18.0. The van der Waals surface area contributed by atoms with Crippen molar-refractivity contribution in [3.63, 3.8) is 0 Å². The first kappa shape index (κ1) is 48.8. The molecule has 0 fully saturated rings. The zero-order chi connectivity index (χ0) is 50.3. The minimum atomic E-state index is 0.0130. The van der Waals surface area contributed by atoms with Crippen LogP contribution in [0.1, 0.15) is 161 Å². The molecule has 0 N–H and O–H groups in total.